The zero-order valence-corrected chi connectivity index (χ0v) is 28.9. The van der Waals surface area contributed by atoms with Crippen molar-refractivity contribution in [1.82, 2.24) is 5.32 Å². The van der Waals surface area contributed by atoms with E-state index >= 15 is 0 Å². The zero-order chi connectivity index (χ0) is 30.8. The predicted octanol–water partition coefficient (Wildman–Crippen LogP) is 5.51. The van der Waals surface area contributed by atoms with Gasteiger partial charge in [-0.25, -0.2) is 9.59 Å². The van der Waals surface area contributed by atoms with Gasteiger partial charge in [0.25, 0.3) is 0 Å². The zero-order valence-electron chi connectivity index (χ0n) is 25.5. The first-order valence-corrected chi connectivity index (χ1v) is 15.4. The van der Waals surface area contributed by atoms with Crippen LogP contribution >= 0.6 is 8.02 Å². The van der Waals surface area contributed by atoms with Crippen LogP contribution in [-0.4, -0.2) is 60.8 Å². The van der Waals surface area contributed by atoms with Crippen LogP contribution < -0.4 is 5.32 Å². The van der Waals surface area contributed by atoms with Crippen LogP contribution in [0.4, 0.5) is 4.79 Å². The fourth-order valence-electron chi connectivity index (χ4n) is 3.98. The van der Waals surface area contributed by atoms with Gasteiger partial charge >= 0.3 is 12.1 Å². The Kier molecular flexibility index (Phi) is 21.0. The number of aliphatic hydroxyl groups is 1. The van der Waals surface area contributed by atoms with E-state index in [1.54, 1.807) is 27.7 Å². The fourth-order valence-corrected chi connectivity index (χ4v) is 3.98. The van der Waals surface area contributed by atoms with Crippen molar-refractivity contribution in [1.29, 1.82) is 0 Å². The minimum Gasteiger partial charge on any atom is -0.458 e. The molecule has 4 atom stereocenters. The van der Waals surface area contributed by atoms with E-state index in [1.807, 2.05) is 74.5 Å². The van der Waals surface area contributed by atoms with Gasteiger partial charge in [-0.1, -0.05) is 86.3 Å². The molecule has 0 aliphatic rings. The molecule has 0 bridgehead atoms. The molecule has 0 saturated carbocycles. The van der Waals surface area contributed by atoms with E-state index in [9.17, 15) is 14.7 Å². The van der Waals surface area contributed by atoms with E-state index in [4.69, 9.17) is 18.9 Å². The number of hydrogen-bond acceptors (Lipinski definition) is 8. The normalized spacial score (nSPS) is 13.8. The van der Waals surface area contributed by atoms with Crippen LogP contribution in [0.1, 0.15) is 52.7 Å². The van der Waals surface area contributed by atoms with Gasteiger partial charge in [0.05, 0.1) is 19.3 Å². The smallest absolute Gasteiger partial charge is 0.408 e. The van der Waals surface area contributed by atoms with Crippen molar-refractivity contribution >= 4 is 31.9 Å². The Bertz CT molecular complexity index is 1010. The molecule has 2 aromatic rings. The molecule has 0 aliphatic carbocycles. The molecule has 2 aromatic carbocycles. The number of carbonyl (C=O) groups excluding carboxylic acids is 2. The number of hydrogen-bond donors (Lipinski definition) is 2. The molecule has 2 N–H and O–H groups in total. The van der Waals surface area contributed by atoms with Crippen LogP contribution in [0.5, 0.6) is 0 Å². The van der Waals surface area contributed by atoms with E-state index < -0.39 is 35.9 Å². The summed E-state index contributed by atoms with van der Waals surface area (Å²) in [6.45, 7) is 11.5. The third kappa shape index (κ3) is 16.8. The second-order valence-corrected chi connectivity index (χ2v) is 11.2. The molecule has 0 aromatic heterocycles. The van der Waals surface area contributed by atoms with Crippen molar-refractivity contribution < 1.29 is 55.4 Å². The first-order valence-electron chi connectivity index (χ1n) is 13.8. The van der Waals surface area contributed by atoms with Crippen molar-refractivity contribution in [3.05, 3.63) is 71.8 Å². The molecular weight excluding hydrogens is 609 g/mol. The standard InChI is InChI=1S/C31H45NO7.HPS.Ti/c1-22(2)19-37-28(26(18-33)17-24-13-9-7-10-14-24)23(3)38-29(34)27(32-30(35)39-31(4,5)6)21-36-20-25-15-11-8-12-16-25;1-2;/h7-16,22-23,26-28,33H,17-21H2,1-6H3,(H,32,35);1H;/t23-,26-,27-,28-;;/m0../s1. The number of amides is 1. The van der Waals surface area contributed by atoms with Gasteiger partial charge in [-0.3, -0.25) is 0 Å². The van der Waals surface area contributed by atoms with Gasteiger partial charge in [-0.15, -0.1) is 0 Å². The Morgan fingerprint density at radius 2 is 1.48 bits per heavy atom. The average molecular weight is 656 g/mol. The fraction of sp³-hybridized carbons (Fsp3) is 0.548. The first-order chi connectivity index (χ1) is 19.5. The Balaban J connectivity index is 0.00000548. The van der Waals surface area contributed by atoms with Crippen LogP contribution in [0.2, 0.25) is 0 Å². The molecule has 0 saturated heterocycles. The van der Waals surface area contributed by atoms with Crippen molar-refractivity contribution in [3.63, 3.8) is 0 Å². The van der Waals surface area contributed by atoms with Crippen molar-refractivity contribution in [2.24, 2.45) is 11.8 Å². The van der Waals surface area contributed by atoms with Crippen molar-refractivity contribution in [3.8, 4) is 0 Å². The molecule has 2 rings (SSSR count). The predicted molar refractivity (Wildman–Crippen MR) is 166 cm³/mol. The number of esters is 1. The molecule has 0 unspecified atom stereocenters. The van der Waals surface area contributed by atoms with Gasteiger partial charge in [-0.05, 0) is 59.2 Å². The maximum atomic E-state index is 13.3. The van der Waals surface area contributed by atoms with Crippen LogP contribution in [0.25, 0.3) is 0 Å². The SMILES string of the molecule is CC(C)CO[C@H]([C@H](CO)Cc1ccccc1)[C@H](C)OC(=O)[C@H](COCc1ccccc1)NC(=O)OC(C)(C)C.P=S.[Ti]. The third-order valence-electron chi connectivity index (χ3n) is 5.80. The molecule has 232 valence electrons. The Hall–Kier alpha value is -1.71. The van der Waals surface area contributed by atoms with Crippen LogP contribution in [0.15, 0.2) is 60.7 Å². The third-order valence-corrected chi connectivity index (χ3v) is 5.80. The minimum atomic E-state index is -1.10. The second kappa shape index (κ2) is 21.9. The van der Waals surface area contributed by atoms with E-state index in [0.717, 1.165) is 11.1 Å². The summed E-state index contributed by atoms with van der Waals surface area (Å²) in [6.07, 6.45) is -1.45. The number of carbonyl (C=O) groups is 2. The largest absolute Gasteiger partial charge is 0.458 e. The van der Waals surface area contributed by atoms with Gasteiger partial charge in [0.2, 0.25) is 0 Å². The van der Waals surface area contributed by atoms with Crippen LogP contribution in [0.3, 0.4) is 0 Å². The summed E-state index contributed by atoms with van der Waals surface area (Å²) in [5.74, 6) is -0.726. The molecule has 0 spiro atoms. The summed E-state index contributed by atoms with van der Waals surface area (Å²) in [6, 6.07) is 18.2. The van der Waals surface area contributed by atoms with Gasteiger partial charge in [0.15, 0.2) is 6.04 Å². The van der Waals surface area contributed by atoms with E-state index in [0.29, 0.717) is 13.0 Å². The number of benzene rings is 2. The molecule has 0 heterocycles. The Morgan fingerprint density at radius 3 is 1.98 bits per heavy atom. The quantitative estimate of drug-likeness (QED) is 0.147. The number of ether oxygens (including phenoxy) is 4. The monoisotopic (exact) mass is 655 g/mol. The number of nitrogens with one attached hydrogen (secondary N) is 1. The summed E-state index contributed by atoms with van der Waals surface area (Å²) in [4.78, 5) is 25.8. The topological polar surface area (TPSA) is 103 Å². The van der Waals surface area contributed by atoms with Gasteiger partial charge in [0.1, 0.15) is 11.7 Å². The number of aliphatic hydroxyl groups excluding tert-OH is 1. The molecular formula is C31H46NO7PSTi. The second-order valence-electron chi connectivity index (χ2n) is 11.2. The molecule has 42 heavy (non-hydrogen) atoms. The molecule has 8 nitrogen and oxygen atoms in total. The summed E-state index contributed by atoms with van der Waals surface area (Å²) in [7, 11) is 2.56. The Labute approximate surface area is 273 Å². The summed E-state index contributed by atoms with van der Waals surface area (Å²) < 4.78 is 23.1. The summed E-state index contributed by atoms with van der Waals surface area (Å²) in [5, 5.41) is 12.8. The van der Waals surface area contributed by atoms with Crippen molar-refractivity contribution in [2.75, 3.05) is 19.8 Å². The maximum Gasteiger partial charge on any atom is 0.408 e. The maximum absolute atomic E-state index is 13.3. The Morgan fingerprint density at radius 1 is 0.929 bits per heavy atom. The van der Waals surface area contributed by atoms with Crippen LogP contribution in [0, 0.1) is 11.8 Å². The first kappa shape index (κ1) is 40.3. The van der Waals surface area contributed by atoms with E-state index in [2.05, 4.69) is 25.1 Å². The molecule has 0 radical (unpaired) electrons. The molecule has 0 aliphatic heterocycles. The molecule has 1 amide bonds. The van der Waals surface area contributed by atoms with E-state index in [-0.39, 0.29) is 53.4 Å². The molecule has 0 fully saturated rings. The van der Waals surface area contributed by atoms with Gasteiger partial charge in [0, 0.05) is 40.8 Å². The summed E-state index contributed by atoms with van der Waals surface area (Å²) in [5.41, 5.74) is 1.24. The average Bonchev–Trinajstić information content (AvgIpc) is 2.93. The number of alkyl carbamates (subject to hydrolysis) is 1. The minimum absolute atomic E-state index is 0. The van der Waals surface area contributed by atoms with Crippen molar-refractivity contribution in [2.45, 2.75) is 78.4 Å². The van der Waals surface area contributed by atoms with Crippen LogP contribution in [-0.2, 0) is 70.3 Å². The van der Waals surface area contributed by atoms with Gasteiger partial charge in [-0.2, -0.15) is 0 Å². The van der Waals surface area contributed by atoms with Gasteiger partial charge < -0.3 is 29.4 Å². The molecule has 11 heteroatoms. The van der Waals surface area contributed by atoms with E-state index in [1.165, 1.54) is 0 Å². The summed E-state index contributed by atoms with van der Waals surface area (Å²) >= 11 is 3.89. The number of rotatable bonds is 15.